The maximum Gasteiger partial charge on any atom is 0.248 e. The molecule has 0 radical (unpaired) electrons. The number of alkyl halides is 2. The summed E-state index contributed by atoms with van der Waals surface area (Å²) in [7, 11) is 0. The molecule has 1 saturated carbocycles. The summed E-state index contributed by atoms with van der Waals surface area (Å²) in [5.41, 5.74) is 1.29. The Kier molecular flexibility index (Phi) is 7.08. The van der Waals surface area contributed by atoms with Crippen LogP contribution in [0.4, 0.5) is 20.2 Å². The van der Waals surface area contributed by atoms with Crippen LogP contribution in [0, 0.1) is 5.92 Å². The van der Waals surface area contributed by atoms with E-state index >= 15 is 0 Å². The first kappa shape index (κ1) is 20.3. The normalized spacial score (nSPS) is 19.2. The van der Waals surface area contributed by atoms with Gasteiger partial charge in [-0.05, 0) is 49.6 Å². The molecule has 1 aliphatic carbocycles. The van der Waals surface area contributed by atoms with E-state index < -0.39 is 5.92 Å². The fourth-order valence-corrected chi connectivity index (χ4v) is 3.35. The number of carbonyl (C=O) groups excluding carboxylic acids is 2. The van der Waals surface area contributed by atoms with Crippen molar-refractivity contribution in [2.75, 3.05) is 30.3 Å². The third-order valence-electron chi connectivity index (χ3n) is 4.56. The summed E-state index contributed by atoms with van der Waals surface area (Å²) in [6.45, 7) is 4.68. The second-order valence-electron chi connectivity index (χ2n) is 6.95. The van der Waals surface area contributed by atoms with Gasteiger partial charge in [-0.15, -0.1) is 0 Å². The number of nitrogens with one attached hydrogen (secondary N) is 2. The van der Waals surface area contributed by atoms with Crippen LogP contribution in [-0.2, 0) is 9.59 Å². The maximum atomic E-state index is 13.5. The summed E-state index contributed by atoms with van der Waals surface area (Å²) in [5, 5.41) is 5.46. The zero-order valence-electron chi connectivity index (χ0n) is 15.4. The third-order valence-corrected chi connectivity index (χ3v) is 4.56. The Morgan fingerprint density at radius 3 is 2.35 bits per heavy atom. The lowest BCUT2D eigenvalue weighted by atomic mass is 9.86. The van der Waals surface area contributed by atoms with E-state index in [9.17, 15) is 18.4 Å². The van der Waals surface area contributed by atoms with Gasteiger partial charge in [-0.2, -0.15) is 0 Å². The molecular formula is C19H27F2N3O2. The van der Waals surface area contributed by atoms with Crippen molar-refractivity contribution >= 4 is 23.2 Å². The fraction of sp³-hybridized carbons (Fsp3) is 0.579. The van der Waals surface area contributed by atoms with Gasteiger partial charge in [-0.3, -0.25) is 14.5 Å². The standard InChI is InChI=1S/C19H27F2N3O2/c1-3-24(12-15-5-4-10-19(20,21)11-15)13-18(26)23-17-8-6-16(7-9-17)22-14(2)25/h6-9,15H,3-5,10-13H2,1-2H3,(H,22,25)(H,23,26)/t15-/m0/s1. The molecule has 0 aromatic heterocycles. The molecule has 144 valence electrons. The SMILES string of the molecule is CCN(CC(=O)Nc1ccc(NC(C)=O)cc1)C[C@H]1CCCC(F)(F)C1. The number of likely N-dealkylation sites (N-methyl/N-ethyl adjacent to an activating group) is 1. The molecule has 0 bridgehead atoms. The van der Waals surface area contributed by atoms with Crippen LogP contribution in [0.25, 0.3) is 0 Å². The zero-order chi connectivity index (χ0) is 19.2. The second kappa shape index (κ2) is 9.07. The molecule has 0 aliphatic heterocycles. The highest BCUT2D eigenvalue weighted by Gasteiger charge is 2.36. The second-order valence-corrected chi connectivity index (χ2v) is 6.95. The van der Waals surface area contributed by atoms with Gasteiger partial charge in [0.25, 0.3) is 0 Å². The molecule has 0 heterocycles. The summed E-state index contributed by atoms with van der Waals surface area (Å²) >= 11 is 0. The fourth-order valence-electron chi connectivity index (χ4n) is 3.35. The molecule has 7 heteroatoms. The van der Waals surface area contributed by atoms with Crippen molar-refractivity contribution in [2.24, 2.45) is 5.92 Å². The average Bonchev–Trinajstić information content (AvgIpc) is 2.54. The summed E-state index contributed by atoms with van der Waals surface area (Å²) < 4.78 is 27.1. The highest BCUT2D eigenvalue weighted by molar-refractivity contribution is 5.93. The number of amides is 2. The largest absolute Gasteiger partial charge is 0.326 e. The Morgan fingerprint density at radius 1 is 1.19 bits per heavy atom. The predicted octanol–water partition coefficient (Wildman–Crippen LogP) is 3.73. The van der Waals surface area contributed by atoms with Crippen molar-refractivity contribution in [3.63, 3.8) is 0 Å². The Hall–Kier alpha value is -2.02. The van der Waals surface area contributed by atoms with E-state index in [1.54, 1.807) is 24.3 Å². The van der Waals surface area contributed by atoms with Crippen LogP contribution in [0.15, 0.2) is 24.3 Å². The topological polar surface area (TPSA) is 61.4 Å². The van der Waals surface area contributed by atoms with E-state index in [4.69, 9.17) is 0 Å². The monoisotopic (exact) mass is 367 g/mol. The molecule has 0 saturated heterocycles. The van der Waals surface area contributed by atoms with Gasteiger partial charge in [0.15, 0.2) is 0 Å². The van der Waals surface area contributed by atoms with E-state index in [0.29, 0.717) is 30.9 Å². The first-order valence-electron chi connectivity index (χ1n) is 9.05. The van der Waals surface area contributed by atoms with Crippen molar-refractivity contribution < 1.29 is 18.4 Å². The molecule has 5 nitrogen and oxygen atoms in total. The molecule has 0 unspecified atom stereocenters. The molecule has 1 aliphatic rings. The Bertz CT molecular complexity index is 620. The van der Waals surface area contributed by atoms with Gasteiger partial charge in [0.05, 0.1) is 6.54 Å². The number of hydrogen-bond donors (Lipinski definition) is 2. The molecule has 2 N–H and O–H groups in total. The summed E-state index contributed by atoms with van der Waals surface area (Å²) in [4.78, 5) is 25.2. The lowest BCUT2D eigenvalue weighted by Gasteiger charge is -2.32. The van der Waals surface area contributed by atoms with E-state index in [1.165, 1.54) is 6.92 Å². The number of benzene rings is 1. The molecule has 0 spiro atoms. The van der Waals surface area contributed by atoms with Crippen LogP contribution in [0.5, 0.6) is 0 Å². The molecule has 1 aromatic carbocycles. The number of halogens is 2. The Balaban J connectivity index is 1.83. The number of hydrogen-bond acceptors (Lipinski definition) is 3. The van der Waals surface area contributed by atoms with Crippen molar-refractivity contribution in [2.45, 2.75) is 45.5 Å². The molecular weight excluding hydrogens is 340 g/mol. The lowest BCUT2D eigenvalue weighted by molar-refractivity contribution is -0.117. The first-order chi connectivity index (χ1) is 12.3. The number of anilines is 2. The van der Waals surface area contributed by atoms with Crippen molar-refractivity contribution in [1.82, 2.24) is 4.90 Å². The highest BCUT2D eigenvalue weighted by atomic mass is 19.3. The van der Waals surface area contributed by atoms with Crippen molar-refractivity contribution in [3.8, 4) is 0 Å². The minimum Gasteiger partial charge on any atom is -0.326 e. The predicted molar refractivity (Wildman–Crippen MR) is 98.4 cm³/mol. The van der Waals surface area contributed by atoms with Crippen LogP contribution in [0.1, 0.15) is 39.5 Å². The van der Waals surface area contributed by atoms with Gasteiger partial charge in [-0.25, -0.2) is 8.78 Å². The van der Waals surface area contributed by atoms with Gasteiger partial charge in [0.1, 0.15) is 0 Å². The summed E-state index contributed by atoms with van der Waals surface area (Å²) in [5.74, 6) is -2.97. The van der Waals surface area contributed by atoms with Gasteiger partial charge in [0.2, 0.25) is 17.7 Å². The molecule has 1 aromatic rings. The minimum absolute atomic E-state index is 0.0232. The molecule has 1 fully saturated rings. The minimum atomic E-state index is -2.57. The van der Waals surface area contributed by atoms with Gasteiger partial charge < -0.3 is 10.6 Å². The number of carbonyl (C=O) groups is 2. The van der Waals surface area contributed by atoms with Crippen LogP contribution >= 0.6 is 0 Å². The van der Waals surface area contributed by atoms with Gasteiger partial charge in [-0.1, -0.05) is 6.92 Å². The lowest BCUT2D eigenvalue weighted by Crippen LogP contribution is -2.39. The highest BCUT2D eigenvalue weighted by Crippen LogP contribution is 2.36. The van der Waals surface area contributed by atoms with Crippen LogP contribution in [0.3, 0.4) is 0 Å². The number of rotatable bonds is 7. The average molecular weight is 367 g/mol. The van der Waals surface area contributed by atoms with E-state index in [1.807, 2.05) is 11.8 Å². The van der Waals surface area contributed by atoms with E-state index in [2.05, 4.69) is 10.6 Å². The maximum absolute atomic E-state index is 13.5. The smallest absolute Gasteiger partial charge is 0.248 e. The Labute approximate surface area is 153 Å². The zero-order valence-corrected chi connectivity index (χ0v) is 15.4. The molecule has 1 atom stereocenters. The summed E-state index contributed by atoms with van der Waals surface area (Å²) in [6.07, 6.45) is 1.22. The van der Waals surface area contributed by atoms with E-state index in [0.717, 1.165) is 6.42 Å². The van der Waals surface area contributed by atoms with Crippen molar-refractivity contribution in [1.29, 1.82) is 0 Å². The van der Waals surface area contributed by atoms with E-state index in [-0.39, 0.29) is 37.1 Å². The van der Waals surface area contributed by atoms with Crippen LogP contribution < -0.4 is 10.6 Å². The third kappa shape index (κ3) is 6.71. The van der Waals surface area contributed by atoms with Crippen LogP contribution in [0.2, 0.25) is 0 Å². The quantitative estimate of drug-likeness (QED) is 0.772. The summed E-state index contributed by atoms with van der Waals surface area (Å²) in [6, 6.07) is 6.83. The Morgan fingerprint density at radius 2 is 1.81 bits per heavy atom. The van der Waals surface area contributed by atoms with Crippen LogP contribution in [-0.4, -0.2) is 42.3 Å². The first-order valence-corrected chi connectivity index (χ1v) is 9.05. The molecule has 26 heavy (non-hydrogen) atoms. The van der Waals surface area contributed by atoms with Gasteiger partial charge in [0, 0.05) is 37.7 Å². The van der Waals surface area contributed by atoms with Gasteiger partial charge >= 0.3 is 0 Å². The molecule has 2 amide bonds. The van der Waals surface area contributed by atoms with Crippen molar-refractivity contribution in [3.05, 3.63) is 24.3 Å². The number of nitrogens with zero attached hydrogens (tertiary/aromatic N) is 1. The molecule has 2 rings (SSSR count).